The van der Waals surface area contributed by atoms with Crippen LogP contribution in [0.15, 0.2) is 0 Å². The molecule has 2 atom stereocenters. The van der Waals surface area contributed by atoms with Gasteiger partial charge >= 0.3 is 0 Å². The second-order valence-electron chi connectivity index (χ2n) is 6.91. The summed E-state index contributed by atoms with van der Waals surface area (Å²) in [6.07, 6.45) is 9.99. The zero-order valence-corrected chi connectivity index (χ0v) is 14.5. The molecule has 0 radical (unpaired) electrons. The predicted octanol–water partition coefficient (Wildman–Crippen LogP) is 3.44. The van der Waals surface area contributed by atoms with Gasteiger partial charge in [0.25, 0.3) is 0 Å². The maximum absolute atomic E-state index is 6.04. The lowest BCUT2D eigenvalue weighted by Crippen LogP contribution is -2.65. The standard InChI is InChI=1S/C18H36N2O/c1-4-13-20(5-2)14-12-19-16-15-17(21-6-3)18(16)10-8-7-9-11-18/h16-17,19H,4-15H2,1-3H3. The molecule has 0 aromatic rings. The van der Waals surface area contributed by atoms with Crippen LogP contribution in [-0.2, 0) is 4.74 Å². The Hall–Kier alpha value is -0.120. The molecule has 0 aromatic heterocycles. The van der Waals surface area contributed by atoms with Crippen LogP contribution in [-0.4, -0.2) is 49.8 Å². The first-order chi connectivity index (χ1) is 10.3. The van der Waals surface area contributed by atoms with E-state index < -0.39 is 0 Å². The molecule has 0 heterocycles. The Morgan fingerprint density at radius 2 is 1.86 bits per heavy atom. The smallest absolute Gasteiger partial charge is 0.0661 e. The minimum Gasteiger partial charge on any atom is -0.378 e. The fourth-order valence-electron chi connectivity index (χ4n) is 4.49. The van der Waals surface area contributed by atoms with E-state index in [0.29, 0.717) is 17.6 Å². The van der Waals surface area contributed by atoms with Gasteiger partial charge in [0, 0.05) is 31.2 Å². The van der Waals surface area contributed by atoms with Crippen LogP contribution < -0.4 is 5.32 Å². The van der Waals surface area contributed by atoms with Crippen LogP contribution in [0.3, 0.4) is 0 Å². The Morgan fingerprint density at radius 3 is 2.48 bits per heavy atom. The van der Waals surface area contributed by atoms with Crippen molar-refractivity contribution in [2.75, 3.05) is 32.8 Å². The van der Waals surface area contributed by atoms with Crippen LogP contribution in [0.5, 0.6) is 0 Å². The molecular formula is C18H36N2O. The summed E-state index contributed by atoms with van der Waals surface area (Å²) in [5.74, 6) is 0. The van der Waals surface area contributed by atoms with E-state index in [9.17, 15) is 0 Å². The molecule has 1 N–H and O–H groups in total. The summed E-state index contributed by atoms with van der Waals surface area (Å²) in [5.41, 5.74) is 0.468. The van der Waals surface area contributed by atoms with Gasteiger partial charge in [-0.25, -0.2) is 0 Å². The molecule has 124 valence electrons. The van der Waals surface area contributed by atoms with E-state index in [1.54, 1.807) is 0 Å². The van der Waals surface area contributed by atoms with E-state index in [1.165, 1.54) is 64.6 Å². The minimum atomic E-state index is 0.468. The average Bonchev–Trinajstić information content (AvgIpc) is 2.53. The topological polar surface area (TPSA) is 24.5 Å². The highest BCUT2D eigenvalue weighted by Gasteiger charge is 2.55. The molecule has 2 fully saturated rings. The van der Waals surface area contributed by atoms with E-state index in [2.05, 4.69) is 31.0 Å². The van der Waals surface area contributed by atoms with Crippen LogP contribution in [0.4, 0.5) is 0 Å². The molecule has 3 nitrogen and oxygen atoms in total. The van der Waals surface area contributed by atoms with E-state index in [1.807, 2.05) is 0 Å². The van der Waals surface area contributed by atoms with Gasteiger partial charge in [0.1, 0.15) is 0 Å². The molecule has 0 aliphatic heterocycles. The van der Waals surface area contributed by atoms with E-state index in [-0.39, 0.29) is 0 Å². The number of rotatable bonds is 9. The Kier molecular flexibility index (Phi) is 6.97. The van der Waals surface area contributed by atoms with Gasteiger partial charge in [-0.15, -0.1) is 0 Å². The number of hydrogen-bond acceptors (Lipinski definition) is 3. The summed E-state index contributed by atoms with van der Waals surface area (Å²) in [7, 11) is 0. The molecular weight excluding hydrogens is 260 g/mol. The number of nitrogens with one attached hydrogen (secondary N) is 1. The fraction of sp³-hybridized carbons (Fsp3) is 1.00. The molecule has 2 aliphatic carbocycles. The van der Waals surface area contributed by atoms with Crippen molar-refractivity contribution < 1.29 is 4.74 Å². The van der Waals surface area contributed by atoms with E-state index >= 15 is 0 Å². The maximum Gasteiger partial charge on any atom is 0.0661 e. The van der Waals surface area contributed by atoms with Crippen LogP contribution >= 0.6 is 0 Å². The third-order valence-electron chi connectivity index (χ3n) is 5.74. The maximum atomic E-state index is 6.04. The summed E-state index contributed by atoms with van der Waals surface area (Å²) in [6.45, 7) is 12.3. The third-order valence-corrected chi connectivity index (χ3v) is 5.74. The summed E-state index contributed by atoms with van der Waals surface area (Å²) in [6, 6.07) is 0.703. The first kappa shape index (κ1) is 17.2. The van der Waals surface area contributed by atoms with Crippen LogP contribution in [0.25, 0.3) is 0 Å². The zero-order chi connectivity index (χ0) is 15.1. The van der Waals surface area contributed by atoms with Crippen molar-refractivity contribution in [1.82, 2.24) is 10.2 Å². The minimum absolute atomic E-state index is 0.468. The summed E-state index contributed by atoms with van der Waals surface area (Å²) < 4.78 is 6.04. The van der Waals surface area contributed by atoms with Crippen molar-refractivity contribution >= 4 is 0 Å². The van der Waals surface area contributed by atoms with Gasteiger partial charge in [0.15, 0.2) is 0 Å². The summed E-state index contributed by atoms with van der Waals surface area (Å²) in [4.78, 5) is 2.55. The highest BCUT2D eigenvalue weighted by Crippen LogP contribution is 2.53. The van der Waals surface area contributed by atoms with Crippen molar-refractivity contribution in [3.8, 4) is 0 Å². The highest BCUT2D eigenvalue weighted by atomic mass is 16.5. The first-order valence-corrected chi connectivity index (χ1v) is 9.34. The molecule has 21 heavy (non-hydrogen) atoms. The van der Waals surface area contributed by atoms with Gasteiger partial charge in [-0.2, -0.15) is 0 Å². The van der Waals surface area contributed by atoms with Crippen LogP contribution in [0, 0.1) is 5.41 Å². The fourth-order valence-corrected chi connectivity index (χ4v) is 4.49. The lowest BCUT2D eigenvalue weighted by atomic mass is 9.55. The number of nitrogens with zero attached hydrogens (tertiary/aromatic N) is 1. The molecule has 1 spiro atoms. The Balaban J connectivity index is 1.79. The molecule has 0 bridgehead atoms. The van der Waals surface area contributed by atoms with Crippen molar-refractivity contribution in [1.29, 1.82) is 0 Å². The monoisotopic (exact) mass is 296 g/mol. The molecule has 3 heteroatoms. The first-order valence-electron chi connectivity index (χ1n) is 9.34. The Morgan fingerprint density at radius 1 is 1.10 bits per heavy atom. The Bertz CT molecular complexity index is 289. The molecule has 0 amide bonds. The van der Waals surface area contributed by atoms with Gasteiger partial charge in [-0.05, 0) is 45.7 Å². The molecule has 0 aromatic carbocycles. The van der Waals surface area contributed by atoms with E-state index in [0.717, 1.165) is 13.2 Å². The number of hydrogen-bond donors (Lipinski definition) is 1. The van der Waals surface area contributed by atoms with Crippen molar-refractivity contribution in [2.24, 2.45) is 5.41 Å². The van der Waals surface area contributed by atoms with Gasteiger partial charge < -0.3 is 15.0 Å². The number of ether oxygens (including phenoxy) is 1. The second-order valence-corrected chi connectivity index (χ2v) is 6.91. The van der Waals surface area contributed by atoms with Gasteiger partial charge in [-0.1, -0.05) is 33.1 Å². The number of likely N-dealkylation sites (N-methyl/N-ethyl adjacent to an activating group) is 1. The van der Waals surface area contributed by atoms with Gasteiger partial charge in [-0.3, -0.25) is 0 Å². The Labute approximate surface area is 131 Å². The van der Waals surface area contributed by atoms with E-state index in [4.69, 9.17) is 4.74 Å². The highest BCUT2D eigenvalue weighted by molar-refractivity contribution is 5.08. The normalized spacial score (nSPS) is 28.0. The quantitative estimate of drug-likeness (QED) is 0.705. The van der Waals surface area contributed by atoms with Crippen molar-refractivity contribution in [3.05, 3.63) is 0 Å². The predicted molar refractivity (Wildman–Crippen MR) is 89.7 cm³/mol. The summed E-state index contributed by atoms with van der Waals surface area (Å²) in [5, 5.41) is 3.87. The lowest BCUT2D eigenvalue weighted by Gasteiger charge is -2.58. The average molecular weight is 296 g/mol. The van der Waals surface area contributed by atoms with Crippen LogP contribution in [0.2, 0.25) is 0 Å². The van der Waals surface area contributed by atoms with Gasteiger partial charge in [0.2, 0.25) is 0 Å². The zero-order valence-electron chi connectivity index (χ0n) is 14.5. The summed E-state index contributed by atoms with van der Waals surface area (Å²) >= 11 is 0. The molecule has 0 saturated heterocycles. The van der Waals surface area contributed by atoms with Crippen LogP contribution in [0.1, 0.15) is 65.7 Å². The van der Waals surface area contributed by atoms with Crippen molar-refractivity contribution in [2.45, 2.75) is 77.9 Å². The molecule has 2 saturated carbocycles. The second kappa shape index (κ2) is 8.50. The molecule has 2 rings (SSSR count). The SMILES string of the molecule is CCCN(CC)CCNC1CC(OCC)C12CCCCC2. The molecule has 2 aliphatic rings. The molecule has 2 unspecified atom stereocenters. The van der Waals surface area contributed by atoms with Crippen molar-refractivity contribution in [3.63, 3.8) is 0 Å². The largest absolute Gasteiger partial charge is 0.378 e. The van der Waals surface area contributed by atoms with Gasteiger partial charge in [0.05, 0.1) is 6.10 Å². The third kappa shape index (κ3) is 4.00. The lowest BCUT2D eigenvalue weighted by molar-refractivity contribution is -0.150.